The van der Waals surface area contributed by atoms with Gasteiger partial charge < -0.3 is 9.84 Å². The molecule has 0 radical (unpaired) electrons. The number of ether oxygens (including phenoxy) is 1. The van der Waals surface area contributed by atoms with Gasteiger partial charge in [-0.2, -0.15) is 0 Å². The van der Waals surface area contributed by atoms with E-state index in [1.807, 2.05) is 18.2 Å². The summed E-state index contributed by atoms with van der Waals surface area (Å²) in [5.41, 5.74) is 1.17. The minimum atomic E-state index is -0.671. The summed E-state index contributed by atoms with van der Waals surface area (Å²) in [5, 5.41) is 11.5. The predicted molar refractivity (Wildman–Crippen MR) is 95.3 cm³/mol. The second-order valence-corrected chi connectivity index (χ2v) is 6.25. The van der Waals surface area contributed by atoms with Gasteiger partial charge in [-0.15, -0.1) is 0 Å². The highest BCUT2D eigenvalue weighted by molar-refractivity contribution is 5.87. The normalized spacial score (nSPS) is 16.2. The predicted octanol–water partition coefficient (Wildman–Crippen LogP) is 3.70. The summed E-state index contributed by atoms with van der Waals surface area (Å²) in [5.74, 6) is 0.00836. The Kier molecular flexibility index (Phi) is 5.16. The van der Waals surface area contributed by atoms with Crippen LogP contribution in [0, 0.1) is 5.92 Å². The van der Waals surface area contributed by atoms with Crippen LogP contribution in [-0.4, -0.2) is 35.7 Å². The maximum Gasteiger partial charge on any atom is 0.306 e. The molecule has 2 aromatic rings. The van der Waals surface area contributed by atoms with Crippen molar-refractivity contribution in [1.82, 2.24) is 4.90 Å². The average Bonchev–Trinajstić information content (AvgIpc) is 2.61. The minimum absolute atomic E-state index is 0.203. The van der Waals surface area contributed by atoms with Crippen LogP contribution in [-0.2, 0) is 11.3 Å². The number of rotatable bonds is 6. The first-order valence-corrected chi connectivity index (χ1v) is 8.38. The van der Waals surface area contributed by atoms with Gasteiger partial charge in [-0.3, -0.25) is 9.69 Å². The summed E-state index contributed by atoms with van der Waals surface area (Å²) in [6, 6.07) is 12.4. The van der Waals surface area contributed by atoms with Crippen LogP contribution in [0.4, 0.5) is 0 Å². The SMILES string of the molecule is C=CCOc1ccc2ccccc2c1CN1CCC(C(=O)O)CC1. The van der Waals surface area contributed by atoms with Crippen molar-refractivity contribution in [2.75, 3.05) is 19.7 Å². The summed E-state index contributed by atoms with van der Waals surface area (Å²) in [7, 11) is 0. The van der Waals surface area contributed by atoms with Crippen LogP contribution in [0.3, 0.4) is 0 Å². The van der Waals surface area contributed by atoms with Crippen LogP contribution in [0.25, 0.3) is 10.8 Å². The zero-order valence-electron chi connectivity index (χ0n) is 13.8. The van der Waals surface area contributed by atoms with Crippen molar-refractivity contribution in [2.45, 2.75) is 19.4 Å². The van der Waals surface area contributed by atoms with Gasteiger partial charge in [-0.25, -0.2) is 0 Å². The molecule has 1 fully saturated rings. The lowest BCUT2D eigenvalue weighted by atomic mass is 9.96. The first-order valence-electron chi connectivity index (χ1n) is 8.38. The number of fused-ring (bicyclic) bond motifs is 1. The molecular weight excluding hydrogens is 302 g/mol. The molecule has 0 amide bonds. The van der Waals surface area contributed by atoms with E-state index in [9.17, 15) is 4.79 Å². The highest BCUT2D eigenvalue weighted by Crippen LogP contribution is 2.30. The van der Waals surface area contributed by atoms with E-state index in [4.69, 9.17) is 9.84 Å². The Morgan fingerprint density at radius 2 is 2.00 bits per heavy atom. The third kappa shape index (κ3) is 3.60. The van der Waals surface area contributed by atoms with Gasteiger partial charge in [0.2, 0.25) is 0 Å². The molecule has 1 aliphatic rings. The van der Waals surface area contributed by atoms with Gasteiger partial charge in [-0.1, -0.05) is 43.0 Å². The molecule has 0 saturated carbocycles. The van der Waals surface area contributed by atoms with Gasteiger partial charge in [0.1, 0.15) is 12.4 Å². The topological polar surface area (TPSA) is 49.8 Å². The third-order valence-electron chi connectivity index (χ3n) is 4.67. The van der Waals surface area contributed by atoms with E-state index >= 15 is 0 Å². The van der Waals surface area contributed by atoms with Crippen molar-refractivity contribution in [1.29, 1.82) is 0 Å². The lowest BCUT2D eigenvalue weighted by molar-refractivity contribution is -0.143. The molecule has 4 heteroatoms. The Balaban J connectivity index is 1.84. The Hall–Kier alpha value is -2.33. The molecule has 24 heavy (non-hydrogen) atoms. The molecule has 0 unspecified atom stereocenters. The Bertz CT molecular complexity index is 733. The van der Waals surface area contributed by atoms with E-state index in [1.165, 1.54) is 16.3 Å². The number of nitrogens with zero attached hydrogens (tertiary/aromatic N) is 1. The smallest absolute Gasteiger partial charge is 0.306 e. The lowest BCUT2D eigenvalue weighted by Gasteiger charge is -2.30. The molecule has 1 aliphatic heterocycles. The van der Waals surface area contributed by atoms with Crippen LogP contribution < -0.4 is 4.74 Å². The fraction of sp³-hybridized carbons (Fsp3) is 0.350. The Morgan fingerprint density at radius 3 is 2.71 bits per heavy atom. The molecule has 0 bridgehead atoms. The average molecular weight is 325 g/mol. The summed E-state index contributed by atoms with van der Waals surface area (Å²) in [6.45, 7) is 6.59. The molecule has 1 saturated heterocycles. The van der Waals surface area contributed by atoms with E-state index in [0.29, 0.717) is 19.4 Å². The number of carboxylic acids is 1. The van der Waals surface area contributed by atoms with E-state index in [2.05, 4.69) is 29.7 Å². The first-order chi connectivity index (χ1) is 11.7. The molecular formula is C20H23NO3. The Morgan fingerprint density at radius 1 is 1.25 bits per heavy atom. The number of aliphatic carboxylic acids is 1. The number of carboxylic acid groups (broad SMARTS) is 1. The number of hydrogen-bond donors (Lipinski definition) is 1. The molecule has 1 heterocycles. The summed E-state index contributed by atoms with van der Waals surface area (Å²) in [6.07, 6.45) is 3.17. The van der Waals surface area contributed by atoms with E-state index in [1.54, 1.807) is 6.08 Å². The Labute approximate surface area is 142 Å². The van der Waals surface area contributed by atoms with Gasteiger partial charge in [0.15, 0.2) is 0 Å². The molecule has 1 N–H and O–H groups in total. The van der Waals surface area contributed by atoms with Crippen LogP contribution in [0.5, 0.6) is 5.75 Å². The van der Waals surface area contributed by atoms with Crippen molar-refractivity contribution < 1.29 is 14.6 Å². The van der Waals surface area contributed by atoms with Crippen molar-refractivity contribution in [3.63, 3.8) is 0 Å². The van der Waals surface area contributed by atoms with E-state index < -0.39 is 5.97 Å². The monoisotopic (exact) mass is 325 g/mol. The molecule has 0 spiro atoms. The van der Waals surface area contributed by atoms with E-state index in [-0.39, 0.29) is 5.92 Å². The zero-order chi connectivity index (χ0) is 16.9. The maximum absolute atomic E-state index is 11.1. The van der Waals surface area contributed by atoms with Crippen molar-refractivity contribution in [3.05, 3.63) is 54.6 Å². The fourth-order valence-electron chi connectivity index (χ4n) is 3.32. The quantitative estimate of drug-likeness (QED) is 0.823. The highest BCUT2D eigenvalue weighted by atomic mass is 16.5. The maximum atomic E-state index is 11.1. The summed E-state index contributed by atoms with van der Waals surface area (Å²) >= 11 is 0. The summed E-state index contributed by atoms with van der Waals surface area (Å²) in [4.78, 5) is 13.4. The molecule has 0 atom stereocenters. The van der Waals surface area contributed by atoms with Crippen LogP contribution in [0.15, 0.2) is 49.1 Å². The van der Waals surface area contributed by atoms with Gasteiger partial charge in [-0.05, 0) is 42.8 Å². The van der Waals surface area contributed by atoms with Gasteiger partial charge >= 0.3 is 5.97 Å². The molecule has 0 aliphatic carbocycles. The van der Waals surface area contributed by atoms with Crippen molar-refractivity contribution in [3.8, 4) is 5.75 Å². The van der Waals surface area contributed by atoms with Crippen LogP contribution in [0.1, 0.15) is 18.4 Å². The molecule has 4 nitrogen and oxygen atoms in total. The van der Waals surface area contributed by atoms with Gasteiger partial charge in [0.05, 0.1) is 5.92 Å². The minimum Gasteiger partial charge on any atom is -0.489 e. The number of carbonyl (C=O) groups is 1. The molecule has 2 aromatic carbocycles. The van der Waals surface area contributed by atoms with Crippen molar-refractivity contribution >= 4 is 16.7 Å². The number of hydrogen-bond acceptors (Lipinski definition) is 3. The highest BCUT2D eigenvalue weighted by Gasteiger charge is 2.25. The molecule has 3 rings (SSSR count). The van der Waals surface area contributed by atoms with Crippen LogP contribution >= 0.6 is 0 Å². The van der Waals surface area contributed by atoms with Gasteiger partial charge in [0.25, 0.3) is 0 Å². The third-order valence-corrected chi connectivity index (χ3v) is 4.67. The number of benzene rings is 2. The summed E-state index contributed by atoms with van der Waals surface area (Å²) < 4.78 is 5.86. The fourth-order valence-corrected chi connectivity index (χ4v) is 3.32. The second kappa shape index (κ2) is 7.49. The van der Waals surface area contributed by atoms with Gasteiger partial charge in [0, 0.05) is 12.1 Å². The number of piperidine rings is 1. The first kappa shape index (κ1) is 16.5. The molecule has 126 valence electrons. The van der Waals surface area contributed by atoms with E-state index in [0.717, 1.165) is 25.4 Å². The second-order valence-electron chi connectivity index (χ2n) is 6.25. The van der Waals surface area contributed by atoms with Crippen molar-refractivity contribution in [2.24, 2.45) is 5.92 Å². The lowest BCUT2D eigenvalue weighted by Crippen LogP contribution is -2.36. The van der Waals surface area contributed by atoms with Crippen LogP contribution in [0.2, 0.25) is 0 Å². The number of likely N-dealkylation sites (tertiary alicyclic amines) is 1. The largest absolute Gasteiger partial charge is 0.489 e. The zero-order valence-corrected chi connectivity index (χ0v) is 13.8. The standard InChI is InChI=1S/C20H23NO3/c1-2-13-24-19-8-7-15-5-3-4-6-17(15)18(19)14-21-11-9-16(10-12-21)20(22)23/h2-8,16H,1,9-14H2,(H,22,23). The molecule has 0 aromatic heterocycles.